The van der Waals surface area contributed by atoms with Gasteiger partial charge in [0.2, 0.25) is 5.92 Å². The molecule has 0 radical (unpaired) electrons. The number of hydrogen-bond donors (Lipinski definition) is 0. The van der Waals surface area contributed by atoms with Gasteiger partial charge >= 0.3 is 0 Å². The highest BCUT2D eigenvalue weighted by Crippen LogP contribution is 2.45. The fourth-order valence-corrected chi connectivity index (χ4v) is 5.13. The molecule has 0 saturated heterocycles. The fraction of sp³-hybridized carbons (Fsp3) is 0.304. The molecular weight excluding hydrogens is 472 g/mol. The summed E-state index contributed by atoms with van der Waals surface area (Å²) in [4.78, 5) is 9.27. The smallest absolute Gasteiger partial charge is 0.248 e. The molecule has 154 valence electrons. The summed E-state index contributed by atoms with van der Waals surface area (Å²) in [6.45, 7) is 0. The summed E-state index contributed by atoms with van der Waals surface area (Å²) >= 11 is 9.80. The van der Waals surface area contributed by atoms with E-state index in [-0.39, 0.29) is 24.8 Å². The Hall–Kier alpha value is -2.05. The summed E-state index contributed by atoms with van der Waals surface area (Å²) in [6, 6.07) is 15.6. The molecule has 30 heavy (non-hydrogen) atoms. The Morgan fingerprint density at radius 3 is 2.57 bits per heavy atom. The van der Waals surface area contributed by atoms with Gasteiger partial charge in [0.1, 0.15) is 10.8 Å². The maximum Gasteiger partial charge on any atom is 0.248 e. The molecule has 4 aromatic rings. The number of fused-ring (bicyclic) bond motifs is 3. The fourth-order valence-electron chi connectivity index (χ4n) is 4.67. The van der Waals surface area contributed by atoms with E-state index in [0.717, 1.165) is 32.1 Å². The molecule has 1 atom stereocenters. The maximum absolute atomic E-state index is 13.9. The van der Waals surface area contributed by atoms with Crippen molar-refractivity contribution < 1.29 is 8.78 Å². The van der Waals surface area contributed by atoms with Crippen molar-refractivity contribution in [3.05, 3.63) is 69.9 Å². The topological polar surface area (TPSA) is 30.7 Å². The number of alkyl halides is 2. The van der Waals surface area contributed by atoms with Gasteiger partial charge in [-0.3, -0.25) is 4.98 Å². The lowest BCUT2D eigenvalue weighted by molar-refractivity contribution is -0.0493. The van der Waals surface area contributed by atoms with Crippen molar-refractivity contribution in [2.24, 2.45) is 5.92 Å². The van der Waals surface area contributed by atoms with Crippen LogP contribution in [0.25, 0.3) is 22.1 Å². The monoisotopic (exact) mass is 489 g/mol. The van der Waals surface area contributed by atoms with E-state index in [1.165, 1.54) is 0 Å². The molecule has 0 aliphatic heterocycles. The Balaban J connectivity index is 1.78. The highest BCUT2D eigenvalue weighted by molar-refractivity contribution is 9.10. The van der Waals surface area contributed by atoms with Crippen LogP contribution in [0.1, 0.15) is 37.3 Å². The van der Waals surface area contributed by atoms with Crippen LogP contribution < -0.4 is 0 Å². The van der Waals surface area contributed by atoms with Crippen LogP contribution in [0.4, 0.5) is 8.78 Å². The van der Waals surface area contributed by atoms with E-state index in [0.29, 0.717) is 18.0 Å². The molecule has 1 unspecified atom stereocenters. The first kappa shape index (κ1) is 19.9. The summed E-state index contributed by atoms with van der Waals surface area (Å²) < 4.78 is 30.9. The molecule has 0 N–H and O–H groups in total. The quantitative estimate of drug-likeness (QED) is 0.280. The van der Waals surface area contributed by atoms with E-state index in [1.807, 2.05) is 30.3 Å². The number of pyridine rings is 2. The van der Waals surface area contributed by atoms with E-state index in [9.17, 15) is 8.78 Å². The summed E-state index contributed by atoms with van der Waals surface area (Å²) in [5.74, 6) is -2.52. The van der Waals surface area contributed by atoms with Crippen molar-refractivity contribution in [1.82, 2.24) is 14.5 Å². The second-order valence-electron chi connectivity index (χ2n) is 7.95. The molecule has 1 aliphatic rings. The summed E-state index contributed by atoms with van der Waals surface area (Å²) in [5.41, 5.74) is 3.56. The molecule has 3 nitrogen and oxygen atoms in total. The lowest BCUT2D eigenvalue weighted by atomic mass is 9.79. The summed E-state index contributed by atoms with van der Waals surface area (Å²) in [6.07, 6.45) is 2.49. The van der Waals surface area contributed by atoms with E-state index in [4.69, 9.17) is 11.6 Å². The predicted octanol–water partition coefficient (Wildman–Crippen LogP) is 7.42. The van der Waals surface area contributed by atoms with Crippen LogP contribution in [-0.2, 0) is 0 Å². The van der Waals surface area contributed by atoms with Crippen LogP contribution in [0.2, 0.25) is 5.15 Å². The van der Waals surface area contributed by atoms with Crippen molar-refractivity contribution >= 4 is 49.6 Å². The van der Waals surface area contributed by atoms with E-state index in [1.54, 1.807) is 12.3 Å². The van der Waals surface area contributed by atoms with E-state index < -0.39 is 5.92 Å². The van der Waals surface area contributed by atoms with E-state index >= 15 is 0 Å². The Bertz CT molecular complexity index is 1160. The molecule has 0 bridgehead atoms. The predicted molar refractivity (Wildman–Crippen MR) is 119 cm³/mol. The van der Waals surface area contributed by atoms with Gasteiger partial charge < -0.3 is 4.57 Å². The molecule has 7 heteroatoms. The van der Waals surface area contributed by atoms with Crippen molar-refractivity contribution in [1.29, 1.82) is 0 Å². The first-order valence-electron chi connectivity index (χ1n) is 9.97. The largest absolute Gasteiger partial charge is 0.316 e. The number of aromatic nitrogens is 3. The highest BCUT2D eigenvalue weighted by Gasteiger charge is 2.39. The van der Waals surface area contributed by atoms with Crippen LogP contribution in [0, 0.1) is 5.92 Å². The second kappa shape index (κ2) is 7.57. The second-order valence-corrected chi connectivity index (χ2v) is 9.25. The first-order valence-corrected chi connectivity index (χ1v) is 11.1. The molecular formula is C23H19BrClF2N3. The molecule has 3 aromatic heterocycles. The van der Waals surface area contributed by atoms with Crippen molar-refractivity contribution in [2.75, 3.05) is 0 Å². The highest BCUT2D eigenvalue weighted by atomic mass is 79.9. The zero-order valence-corrected chi connectivity index (χ0v) is 18.4. The standard InChI is InChI=1S/C23H19BrClF2N3/c24-16-12-18-20(28-13-16)17-6-7-19(25)29-22(17)30(18)21(14-4-2-1-3-5-14)15-8-10-23(26,27)11-9-15/h1-7,12-13,15,21H,8-11H2. The van der Waals surface area contributed by atoms with Crippen LogP contribution >= 0.6 is 27.5 Å². The third-order valence-electron chi connectivity index (χ3n) is 6.05. The van der Waals surface area contributed by atoms with Crippen molar-refractivity contribution in [3.63, 3.8) is 0 Å². The van der Waals surface area contributed by atoms with Gasteiger partial charge in [-0.1, -0.05) is 41.9 Å². The Morgan fingerprint density at radius 2 is 1.83 bits per heavy atom. The van der Waals surface area contributed by atoms with Gasteiger partial charge in [-0.2, -0.15) is 0 Å². The summed E-state index contributed by atoms with van der Waals surface area (Å²) in [5, 5.41) is 1.30. The average Bonchev–Trinajstić information content (AvgIpc) is 3.03. The van der Waals surface area contributed by atoms with Gasteiger partial charge in [-0.05, 0) is 58.5 Å². The minimum absolute atomic E-state index is 0.0607. The molecule has 1 fully saturated rings. The van der Waals surface area contributed by atoms with Crippen LogP contribution in [0.3, 0.4) is 0 Å². The minimum Gasteiger partial charge on any atom is -0.316 e. The maximum atomic E-state index is 13.9. The molecule has 1 saturated carbocycles. The molecule has 3 heterocycles. The Morgan fingerprint density at radius 1 is 1.10 bits per heavy atom. The normalized spacial score (nSPS) is 18.1. The third kappa shape index (κ3) is 3.50. The Labute approximate surface area is 186 Å². The van der Waals surface area contributed by atoms with E-state index in [2.05, 4.69) is 42.6 Å². The SMILES string of the molecule is FC1(F)CCC(C(c2ccccc2)n2c3cc(Br)cnc3c3ccc(Cl)nc32)CC1. The number of benzene rings is 1. The van der Waals surface area contributed by atoms with Gasteiger partial charge in [-0.25, -0.2) is 13.8 Å². The van der Waals surface area contributed by atoms with Gasteiger partial charge in [-0.15, -0.1) is 0 Å². The van der Waals surface area contributed by atoms with Crippen LogP contribution in [0.5, 0.6) is 0 Å². The average molecular weight is 491 g/mol. The Kier molecular flexibility index (Phi) is 5.02. The molecule has 1 aliphatic carbocycles. The van der Waals surface area contributed by atoms with Crippen LogP contribution in [0.15, 0.2) is 59.2 Å². The lowest BCUT2D eigenvalue weighted by Gasteiger charge is -2.35. The molecule has 5 rings (SSSR count). The molecule has 0 amide bonds. The van der Waals surface area contributed by atoms with Gasteiger partial charge in [0.05, 0.1) is 17.1 Å². The number of rotatable bonds is 3. The van der Waals surface area contributed by atoms with Crippen molar-refractivity contribution in [3.8, 4) is 0 Å². The van der Waals surface area contributed by atoms with Gasteiger partial charge in [0.25, 0.3) is 0 Å². The summed E-state index contributed by atoms with van der Waals surface area (Å²) in [7, 11) is 0. The molecule has 1 aromatic carbocycles. The third-order valence-corrected chi connectivity index (χ3v) is 6.69. The first-order chi connectivity index (χ1) is 14.4. The zero-order chi connectivity index (χ0) is 20.9. The number of halogens is 4. The number of hydrogen-bond acceptors (Lipinski definition) is 2. The minimum atomic E-state index is -2.58. The molecule has 0 spiro atoms. The van der Waals surface area contributed by atoms with Gasteiger partial charge in [0, 0.05) is 28.9 Å². The van der Waals surface area contributed by atoms with Gasteiger partial charge in [0.15, 0.2) is 0 Å². The zero-order valence-electron chi connectivity index (χ0n) is 16.0. The van der Waals surface area contributed by atoms with Crippen LogP contribution in [-0.4, -0.2) is 20.5 Å². The lowest BCUT2D eigenvalue weighted by Crippen LogP contribution is -2.30. The van der Waals surface area contributed by atoms with Crippen molar-refractivity contribution in [2.45, 2.75) is 37.6 Å². The number of nitrogens with zero attached hydrogens (tertiary/aromatic N) is 3.